The van der Waals surface area contributed by atoms with Crippen LogP contribution in [0.15, 0.2) is 41.3 Å². The van der Waals surface area contributed by atoms with Crippen LogP contribution in [0.1, 0.15) is 29.4 Å². The lowest BCUT2D eigenvalue weighted by molar-refractivity contribution is 0.0696. The first-order valence-corrected chi connectivity index (χ1v) is 8.00. The number of carboxylic acid groups (broad SMARTS) is 1. The van der Waals surface area contributed by atoms with Crippen LogP contribution in [0.4, 0.5) is 11.5 Å². The van der Waals surface area contributed by atoms with Crippen LogP contribution in [-0.4, -0.2) is 22.3 Å². The third-order valence-electron chi connectivity index (χ3n) is 2.99. The predicted molar refractivity (Wildman–Crippen MR) is 86.7 cm³/mol. The smallest absolute Gasteiger partial charge is 0.335 e. The summed E-state index contributed by atoms with van der Waals surface area (Å²) in [6, 6.07) is 11.1. The number of nitrogens with zero attached hydrogens (tertiary/aromatic N) is 1. The van der Waals surface area contributed by atoms with Crippen LogP contribution in [0, 0.1) is 0 Å². The lowest BCUT2D eigenvalue weighted by Gasteiger charge is -2.09. The van der Waals surface area contributed by atoms with Gasteiger partial charge in [0.2, 0.25) is 0 Å². The van der Waals surface area contributed by atoms with Crippen molar-refractivity contribution >= 4 is 29.2 Å². The van der Waals surface area contributed by atoms with Crippen molar-refractivity contribution < 1.29 is 9.90 Å². The molecule has 0 bridgehead atoms. The Kier molecular flexibility index (Phi) is 5.22. The van der Waals surface area contributed by atoms with Gasteiger partial charge in [-0.15, -0.1) is 11.8 Å². The number of rotatable bonds is 6. The highest BCUT2D eigenvalue weighted by atomic mass is 32.2. The van der Waals surface area contributed by atoms with Gasteiger partial charge in [0.15, 0.2) is 0 Å². The molecule has 2 aromatic rings. The summed E-state index contributed by atoms with van der Waals surface area (Å²) in [5.74, 6) is -0.370. The molecule has 0 radical (unpaired) electrons. The van der Waals surface area contributed by atoms with Crippen LogP contribution in [0.5, 0.6) is 0 Å². The van der Waals surface area contributed by atoms with Gasteiger partial charge in [-0.2, -0.15) is 0 Å². The van der Waals surface area contributed by atoms with E-state index in [9.17, 15) is 9.90 Å². The predicted octanol–water partition coefficient (Wildman–Crippen LogP) is 4.20. The number of hydrogen-bond donors (Lipinski definition) is 2. The second-order valence-electron chi connectivity index (χ2n) is 4.64. The quantitative estimate of drug-likeness (QED) is 0.783. The lowest BCUT2D eigenvalue weighted by Crippen LogP contribution is -2.03. The van der Waals surface area contributed by atoms with Crippen LogP contribution < -0.4 is 5.32 Å². The maximum Gasteiger partial charge on any atom is 0.335 e. The van der Waals surface area contributed by atoms with Gasteiger partial charge in [-0.25, -0.2) is 9.78 Å². The van der Waals surface area contributed by atoms with Crippen molar-refractivity contribution in [1.29, 1.82) is 0 Å². The lowest BCUT2D eigenvalue weighted by atomic mass is 10.1. The number of thioether (sulfide) groups is 1. The highest BCUT2D eigenvalue weighted by molar-refractivity contribution is 7.98. The number of pyridine rings is 1. The average Bonchev–Trinajstić information content (AvgIpc) is 2.48. The van der Waals surface area contributed by atoms with E-state index < -0.39 is 5.97 Å². The second kappa shape index (κ2) is 7.13. The Hall–Kier alpha value is -2.01. The van der Waals surface area contributed by atoms with E-state index in [0.29, 0.717) is 5.82 Å². The summed E-state index contributed by atoms with van der Waals surface area (Å²) in [7, 11) is 0. The molecule has 0 fully saturated rings. The monoisotopic (exact) mass is 302 g/mol. The van der Waals surface area contributed by atoms with Crippen molar-refractivity contribution in [3.05, 3.63) is 47.7 Å². The zero-order valence-electron chi connectivity index (χ0n) is 12.1. The van der Waals surface area contributed by atoms with E-state index >= 15 is 0 Å². The summed E-state index contributed by atoms with van der Waals surface area (Å²) in [4.78, 5) is 16.8. The van der Waals surface area contributed by atoms with E-state index in [2.05, 4.69) is 10.3 Å². The van der Waals surface area contributed by atoms with Gasteiger partial charge in [0, 0.05) is 16.3 Å². The zero-order chi connectivity index (χ0) is 15.2. The molecule has 0 spiro atoms. The van der Waals surface area contributed by atoms with Crippen LogP contribution in [-0.2, 0) is 6.42 Å². The fourth-order valence-corrected chi connectivity index (χ4v) is 2.39. The van der Waals surface area contributed by atoms with Crippen molar-refractivity contribution in [3.8, 4) is 0 Å². The molecular weight excluding hydrogens is 284 g/mol. The van der Waals surface area contributed by atoms with Gasteiger partial charge in [0.1, 0.15) is 5.82 Å². The first-order chi connectivity index (χ1) is 10.1. The number of hydrogen-bond acceptors (Lipinski definition) is 4. The average molecular weight is 302 g/mol. The topological polar surface area (TPSA) is 62.2 Å². The van der Waals surface area contributed by atoms with Gasteiger partial charge >= 0.3 is 5.97 Å². The van der Waals surface area contributed by atoms with E-state index in [1.165, 1.54) is 4.90 Å². The van der Waals surface area contributed by atoms with Crippen LogP contribution >= 0.6 is 11.8 Å². The zero-order valence-corrected chi connectivity index (χ0v) is 12.9. The molecular formula is C16H18N2O2S. The van der Waals surface area contributed by atoms with Gasteiger partial charge < -0.3 is 10.4 Å². The Labute approximate surface area is 128 Å². The van der Waals surface area contributed by atoms with E-state index in [1.807, 2.05) is 37.4 Å². The molecule has 0 atom stereocenters. The first kappa shape index (κ1) is 15.4. The van der Waals surface area contributed by atoms with E-state index in [-0.39, 0.29) is 5.56 Å². The summed E-state index contributed by atoms with van der Waals surface area (Å²) in [6.07, 6.45) is 3.72. The molecule has 2 N–H and O–H groups in total. The van der Waals surface area contributed by atoms with Crippen molar-refractivity contribution in [2.24, 2.45) is 0 Å². The minimum atomic E-state index is -0.935. The molecule has 0 aliphatic heterocycles. The highest BCUT2D eigenvalue weighted by Crippen LogP contribution is 2.21. The SMILES string of the molecule is CCCc1cc(C(=O)O)cc(Nc2ccc(SC)cc2)n1. The maximum atomic E-state index is 11.2. The molecule has 21 heavy (non-hydrogen) atoms. The molecule has 4 nitrogen and oxygen atoms in total. The third-order valence-corrected chi connectivity index (χ3v) is 3.74. The molecule has 1 aromatic carbocycles. The third kappa shape index (κ3) is 4.23. The Bertz CT molecular complexity index is 627. The molecule has 110 valence electrons. The first-order valence-electron chi connectivity index (χ1n) is 6.77. The Balaban J connectivity index is 2.26. The number of carboxylic acids is 1. The Morgan fingerprint density at radius 1 is 1.29 bits per heavy atom. The standard InChI is InChI=1S/C16H18N2O2S/c1-3-4-13-9-11(16(19)20)10-15(18-13)17-12-5-7-14(21-2)8-6-12/h5-10H,3-4H2,1-2H3,(H,17,18)(H,19,20). The molecule has 0 aliphatic rings. The van der Waals surface area contributed by atoms with E-state index in [0.717, 1.165) is 24.2 Å². The molecule has 2 rings (SSSR count). The Morgan fingerprint density at radius 3 is 2.57 bits per heavy atom. The van der Waals surface area contributed by atoms with Crippen molar-refractivity contribution in [1.82, 2.24) is 4.98 Å². The molecule has 0 saturated heterocycles. The summed E-state index contributed by atoms with van der Waals surface area (Å²) in [5.41, 5.74) is 1.95. The van der Waals surface area contributed by atoms with Crippen LogP contribution in [0.2, 0.25) is 0 Å². The van der Waals surface area contributed by atoms with Crippen molar-refractivity contribution in [2.45, 2.75) is 24.7 Å². The fourth-order valence-electron chi connectivity index (χ4n) is 1.98. The Morgan fingerprint density at radius 2 is 2.00 bits per heavy atom. The number of nitrogens with one attached hydrogen (secondary N) is 1. The van der Waals surface area contributed by atoms with Gasteiger partial charge in [0.05, 0.1) is 5.56 Å². The van der Waals surface area contributed by atoms with Crippen LogP contribution in [0.25, 0.3) is 0 Å². The minimum Gasteiger partial charge on any atom is -0.478 e. The number of carbonyl (C=O) groups is 1. The molecule has 0 aliphatic carbocycles. The summed E-state index contributed by atoms with van der Waals surface area (Å²) in [6.45, 7) is 2.05. The largest absolute Gasteiger partial charge is 0.478 e. The van der Waals surface area contributed by atoms with Gasteiger partial charge in [0.25, 0.3) is 0 Å². The highest BCUT2D eigenvalue weighted by Gasteiger charge is 2.08. The summed E-state index contributed by atoms with van der Waals surface area (Å²) in [5, 5.41) is 12.3. The molecule has 0 unspecified atom stereocenters. The molecule has 0 amide bonds. The number of aromatic carboxylic acids is 1. The van der Waals surface area contributed by atoms with Crippen molar-refractivity contribution in [2.75, 3.05) is 11.6 Å². The van der Waals surface area contributed by atoms with E-state index in [1.54, 1.807) is 23.9 Å². The number of anilines is 2. The van der Waals surface area contributed by atoms with Crippen LogP contribution in [0.3, 0.4) is 0 Å². The summed E-state index contributed by atoms with van der Waals surface area (Å²) < 4.78 is 0. The molecule has 5 heteroatoms. The van der Waals surface area contributed by atoms with Gasteiger partial charge in [-0.1, -0.05) is 13.3 Å². The molecule has 0 saturated carbocycles. The maximum absolute atomic E-state index is 11.2. The normalized spacial score (nSPS) is 10.4. The second-order valence-corrected chi connectivity index (χ2v) is 5.52. The minimum absolute atomic E-state index is 0.261. The van der Waals surface area contributed by atoms with Gasteiger partial charge in [-0.05, 0) is 49.1 Å². The number of benzene rings is 1. The number of aromatic nitrogens is 1. The van der Waals surface area contributed by atoms with Crippen molar-refractivity contribution in [3.63, 3.8) is 0 Å². The molecule has 1 heterocycles. The summed E-state index contributed by atoms with van der Waals surface area (Å²) >= 11 is 1.68. The molecule has 1 aromatic heterocycles. The van der Waals surface area contributed by atoms with E-state index in [4.69, 9.17) is 0 Å². The van der Waals surface area contributed by atoms with Gasteiger partial charge in [-0.3, -0.25) is 0 Å². The number of aryl methyl sites for hydroxylation is 1. The fraction of sp³-hybridized carbons (Fsp3) is 0.250.